The van der Waals surface area contributed by atoms with Gasteiger partial charge in [0.05, 0.1) is 0 Å². The Balaban J connectivity index is 1.71. The number of amides is 1. The fourth-order valence-corrected chi connectivity index (χ4v) is 3.09. The molecular formula is C18H28N2O. The van der Waals surface area contributed by atoms with Crippen LogP contribution in [0.1, 0.15) is 63.0 Å². The largest absolute Gasteiger partial charge is 0.356 e. The molecule has 0 aromatic heterocycles. The minimum atomic E-state index is -0.205. The molecule has 0 heterocycles. The van der Waals surface area contributed by atoms with Gasteiger partial charge in [-0.25, -0.2) is 0 Å². The molecule has 1 aromatic carbocycles. The van der Waals surface area contributed by atoms with Gasteiger partial charge >= 0.3 is 0 Å². The van der Waals surface area contributed by atoms with E-state index in [0.717, 1.165) is 12.1 Å². The zero-order valence-electron chi connectivity index (χ0n) is 12.9. The number of nitrogens with one attached hydrogen (secondary N) is 1. The van der Waals surface area contributed by atoms with E-state index in [-0.39, 0.29) is 11.9 Å². The maximum atomic E-state index is 12.0. The van der Waals surface area contributed by atoms with Crippen molar-refractivity contribution in [3.05, 3.63) is 35.9 Å². The first-order valence-corrected chi connectivity index (χ1v) is 8.33. The van der Waals surface area contributed by atoms with Gasteiger partial charge < -0.3 is 11.1 Å². The minimum absolute atomic E-state index is 0.0772. The van der Waals surface area contributed by atoms with Crippen molar-refractivity contribution in [1.82, 2.24) is 5.32 Å². The highest BCUT2D eigenvalue weighted by Crippen LogP contribution is 2.21. The third kappa shape index (κ3) is 5.88. The van der Waals surface area contributed by atoms with Crippen LogP contribution in [0.4, 0.5) is 0 Å². The highest BCUT2D eigenvalue weighted by molar-refractivity contribution is 5.76. The van der Waals surface area contributed by atoms with Gasteiger partial charge in [-0.2, -0.15) is 0 Å². The Morgan fingerprint density at radius 1 is 1.10 bits per heavy atom. The van der Waals surface area contributed by atoms with Gasteiger partial charge in [-0.3, -0.25) is 4.79 Å². The second-order valence-electron chi connectivity index (χ2n) is 6.24. The molecule has 1 atom stereocenters. The number of rotatable bonds is 5. The third-order valence-electron chi connectivity index (χ3n) is 4.45. The Bertz CT molecular complexity index is 410. The van der Waals surface area contributed by atoms with Crippen LogP contribution >= 0.6 is 0 Å². The van der Waals surface area contributed by atoms with E-state index in [9.17, 15) is 4.79 Å². The summed E-state index contributed by atoms with van der Waals surface area (Å²) in [6.07, 6.45) is 9.58. The summed E-state index contributed by atoms with van der Waals surface area (Å²) in [5.74, 6) is 0.732. The fraction of sp³-hybridized carbons (Fsp3) is 0.611. The Morgan fingerprint density at radius 3 is 2.38 bits per heavy atom. The van der Waals surface area contributed by atoms with E-state index >= 15 is 0 Å². The van der Waals surface area contributed by atoms with Crippen molar-refractivity contribution in [3.63, 3.8) is 0 Å². The van der Waals surface area contributed by atoms with Gasteiger partial charge in [-0.05, 0) is 24.3 Å². The molecule has 0 bridgehead atoms. The van der Waals surface area contributed by atoms with Gasteiger partial charge in [0.1, 0.15) is 0 Å². The molecule has 1 aromatic rings. The van der Waals surface area contributed by atoms with Crippen molar-refractivity contribution in [3.8, 4) is 0 Å². The lowest BCUT2D eigenvalue weighted by Gasteiger charge is -2.20. The standard InChI is InChI=1S/C18H28N2O/c19-17(16-11-7-4-8-12-16)13-18(21)20-14-15-9-5-2-1-3-6-10-15/h4,7-8,11-12,15,17H,1-3,5-6,9-10,13-14,19H2,(H,20,21). The average molecular weight is 288 g/mol. The molecule has 0 aliphatic heterocycles. The second kappa shape index (κ2) is 8.83. The first kappa shape index (κ1) is 16.0. The van der Waals surface area contributed by atoms with Gasteiger partial charge in [0, 0.05) is 19.0 Å². The Labute approximate surface area is 128 Å². The van der Waals surface area contributed by atoms with Gasteiger partial charge in [0.15, 0.2) is 0 Å². The second-order valence-corrected chi connectivity index (χ2v) is 6.24. The van der Waals surface area contributed by atoms with Crippen LogP contribution in [0.5, 0.6) is 0 Å². The van der Waals surface area contributed by atoms with Crippen molar-refractivity contribution < 1.29 is 4.79 Å². The normalized spacial score (nSPS) is 18.5. The zero-order chi connectivity index (χ0) is 14.9. The maximum absolute atomic E-state index is 12.0. The first-order chi connectivity index (χ1) is 10.3. The fourth-order valence-electron chi connectivity index (χ4n) is 3.09. The molecule has 0 radical (unpaired) electrons. The van der Waals surface area contributed by atoms with Crippen LogP contribution in [0.25, 0.3) is 0 Å². The van der Waals surface area contributed by atoms with E-state index < -0.39 is 0 Å². The summed E-state index contributed by atoms with van der Waals surface area (Å²) in [5, 5.41) is 3.08. The van der Waals surface area contributed by atoms with Crippen LogP contribution in [0.2, 0.25) is 0 Å². The molecule has 0 saturated heterocycles. The van der Waals surface area contributed by atoms with E-state index in [0.29, 0.717) is 12.3 Å². The first-order valence-electron chi connectivity index (χ1n) is 8.33. The molecule has 3 nitrogen and oxygen atoms in total. The van der Waals surface area contributed by atoms with Crippen molar-refractivity contribution in [2.75, 3.05) is 6.54 Å². The molecule has 1 aliphatic carbocycles. The summed E-state index contributed by atoms with van der Waals surface area (Å²) in [6.45, 7) is 0.820. The number of hydrogen-bond acceptors (Lipinski definition) is 2. The lowest BCUT2D eigenvalue weighted by atomic mass is 9.91. The summed E-state index contributed by atoms with van der Waals surface area (Å²) in [6, 6.07) is 9.64. The molecule has 21 heavy (non-hydrogen) atoms. The lowest BCUT2D eigenvalue weighted by molar-refractivity contribution is -0.121. The molecule has 0 spiro atoms. The van der Waals surface area contributed by atoms with Crippen molar-refractivity contribution in [2.45, 2.75) is 57.4 Å². The molecule has 3 N–H and O–H groups in total. The maximum Gasteiger partial charge on any atom is 0.221 e. The molecule has 1 aliphatic rings. The van der Waals surface area contributed by atoms with Crippen LogP contribution in [0.15, 0.2) is 30.3 Å². The van der Waals surface area contributed by atoms with E-state index in [1.54, 1.807) is 0 Å². The van der Waals surface area contributed by atoms with Crippen LogP contribution in [0.3, 0.4) is 0 Å². The van der Waals surface area contributed by atoms with Crippen LogP contribution < -0.4 is 11.1 Å². The summed E-state index contributed by atoms with van der Waals surface area (Å²) in [7, 11) is 0. The molecule has 3 heteroatoms. The lowest BCUT2D eigenvalue weighted by Crippen LogP contribution is -2.32. The number of nitrogens with two attached hydrogens (primary N) is 1. The smallest absolute Gasteiger partial charge is 0.221 e. The Kier molecular flexibility index (Phi) is 6.74. The van der Waals surface area contributed by atoms with Gasteiger partial charge in [0.2, 0.25) is 5.91 Å². The predicted molar refractivity (Wildman–Crippen MR) is 86.8 cm³/mol. The number of benzene rings is 1. The number of hydrogen-bond donors (Lipinski definition) is 2. The molecule has 1 fully saturated rings. The van der Waals surface area contributed by atoms with Crippen molar-refractivity contribution in [1.29, 1.82) is 0 Å². The van der Waals surface area contributed by atoms with Gasteiger partial charge in [-0.15, -0.1) is 0 Å². The van der Waals surface area contributed by atoms with E-state index in [1.807, 2.05) is 30.3 Å². The molecule has 2 rings (SSSR count). The van der Waals surface area contributed by atoms with Crippen molar-refractivity contribution >= 4 is 5.91 Å². The SMILES string of the molecule is NC(CC(=O)NCC1CCCCCCC1)c1ccccc1. The third-order valence-corrected chi connectivity index (χ3v) is 4.45. The zero-order valence-corrected chi connectivity index (χ0v) is 12.9. The predicted octanol–water partition coefficient (Wildman–Crippen LogP) is 3.55. The molecular weight excluding hydrogens is 260 g/mol. The average Bonchev–Trinajstić information content (AvgIpc) is 2.47. The van der Waals surface area contributed by atoms with Gasteiger partial charge in [0.25, 0.3) is 0 Å². The van der Waals surface area contributed by atoms with E-state index in [1.165, 1.54) is 44.9 Å². The number of carbonyl (C=O) groups is 1. The summed E-state index contributed by atoms with van der Waals surface area (Å²) in [5.41, 5.74) is 7.12. The summed E-state index contributed by atoms with van der Waals surface area (Å²) in [4.78, 5) is 12.0. The van der Waals surface area contributed by atoms with Crippen LogP contribution in [0, 0.1) is 5.92 Å². The monoisotopic (exact) mass is 288 g/mol. The quantitative estimate of drug-likeness (QED) is 0.870. The molecule has 116 valence electrons. The molecule has 1 saturated carbocycles. The topological polar surface area (TPSA) is 55.1 Å². The highest BCUT2D eigenvalue weighted by atomic mass is 16.1. The van der Waals surface area contributed by atoms with Crippen LogP contribution in [-0.4, -0.2) is 12.5 Å². The highest BCUT2D eigenvalue weighted by Gasteiger charge is 2.15. The number of carbonyl (C=O) groups excluding carboxylic acids is 1. The summed E-state index contributed by atoms with van der Waals surface area (Å²) < 4.78 is 0. The van der Waals surface area contributed by atoms with E-state index in [2.05, 4.69) is 5.32 Å². The van der Waals surface area contributed by atoms with Crippen LogP contribution in [-0.2, 0) is 4.79 Å². The Hall–Kier alpha value is -1.35. The van der Waals surface area contributed by atoms with Gasteiger partial charge in [-0.1, -0.05) is 62.4 Å². The molecule has 1 unspecified atom stereocenters. The Morgan fingerprint density at radius 2 is 1.71 bits per heavy atom. The summed E-state index contributed by atoms with van der Waals surface area (Å²) >= 11 is 0. The van der Waals surface area contributed by atoms with Crippen molar-refractivity contribution in [2.24, 2.45) is 11.7 Å². The van der Waals surface area contributed by atoms with E-state index in [4.69, 9.17) is 5.73 Å². The minimum Gasteiger partial charge on any atom is -0.356 e. The molecule has 1 amide bonds.